The molecule has 1 aromatic carbocycles. The monoisotopic (exact) mass is 329 g/mol. The maximum Gasteiger partial charge on any atom is 0.308 e. The fourth-order valence-corrected chi connectivity index (χ4v) is 2.55. The summed E-state index contributed by atoms with van der Waals surface area (Å²) in [5.74, 6) is -1.52. The fourth-order valence-electron chi connectivity index (χ4n) is 2.55. The van der Waals surface area contributed by atoms with Crippen LogP contribution in [0.25, 0.3) is 5.69 Å². The number of nitrogens with one attached hydrogen (secondary N) is 1. The molecule has 0 saturated carbocycles. The highest BCUT2D eigenvalue weighted by molar-refractivity contribution is 5.95. The van der Waals surface area contributed by atoms with Gasteiger partial charge >= 0.3 is 5.97 Å². The molecule has 1 heterocycles. The van der Waals surface area contributed by atoms with Crippen molar-refractivity contribution in [3.63, 3.8) is 0 Å². The van der Waals surface area contributed by atoms with Crippen molar-refractivity contribution in [1.82, 2.24) is 15.1 Å². The maximum absolute atomic E-state index is 12.4. The largest absolute Gasteiger partial charge is 0.481 e. The predicted octanol–water partition coefficient (Wildman–Crippen LogP) is 2.66. The van der Waals surface area contributed by atoms with E-state index in [1.54, 1.807) is 17.8 Å². The van der Waals surface area contributed by atoms with Crippen molar-refractivity contribution in [3.8, 4) is 5.69 Å². The van der Waals surface area contributed by atoms with Crippen LogP contribution in [0.15, 0.2) is 36.5 Å². The van der Waals surface area contributed by atoms with E-state index < -0.39 is 11.9 Å². The normalized spacial score (nSPS) is 12.2. The Morgan fingerprint density at radius 2 is 1.92 bits per heavy atom. The van der Waals surface area contributed by atoms with E-state index in [9.17, 15) is 14.7 Å². The van der Waals surface area contributed by atoms with Gasteiger partial charge in [0.25, 0.3) is 5.91 Å². The number of aryl methyl sites for hydroxylation is 1. The zero-order chi connectivity index (χ0) is 17.7. The van der Waals surface area contributed by atoms with E-state index >= 15 is 0 Å². The molecule has 0 saturated heterocycles. The number of carbonyl (C=O) groups excluding carboxylic acids is 1. The molecule has 0 spiro atoms. The Morgan fingerprint density at radius 1 is 1.25 bits per heavy atom. The number of benzene rings is 1. The molecule has 2 N–H and O–H groups in total. The number of carbonyl (C=O) groups is 2. The first-order chi connectivity index (χ1) is 11.4. The Hall–Kier alpha value is -2.63. The van der Waals surface area contributed by atoms with Crippen LogP contribution < -0.4 is 5.32 Å². The van der Waals surface area contributed by atoms with Gasteiger partial charge in [-0.25, -0.2) is 4.68 Å². The van der Waals surface area contributed by atoms with Crippen LogP contribution in [0.1, 0.15) is 36.3 Å². The highest BCUT2D eigenvalue weighted by Crippen LogP contribution is 2.14. The average Bonchev–Trinajstić information content (AvgIpc) is 2.93. The molecule has 0 aliphatic heterocycles. The van der Waals surface area contributed by atoms with Crippen LogP contribution in [0.4, 0.5) is 0 Å². The molecule has 6 nitrogen and oxygen atoms in total. The van der Waals surface area contributed by atoms with Gasteiger partial charge in [0.1, 0.15) is 0 Å². The van der Waals surface area contributed by atoms with Gasteiger partial charge in [0, 0.05) is 12.7 Å². The van der Waals surface area contributed by atoms with Gasteiger partial charge in [0.15, 0.2) is 0 Å². The molecule has 24 heavy (non-hydrogen) atoms. The van der Waals surface area contributed by atoms with E-state index in [1.807, 2.05) is 44.2 Å². The number of para-hydroxylation sites is 1. The Bertz CT molecular complexity index is 708. The number of carboxylic acid groups (broad SMARTS) is 1. The molecule has 1 unspecified atom stereocenters. The molecule has 2 rings (SSSR count). The third-order valence-corrected chi connectivity index (χ3v) is 3.78. The van der Waals surface area contributed by atoms with Crippen molar-refractivity contribution < 1.29 is 14.7 Å². The van der Waals surface area contributed by atoms with Crippen LogP contribution in [0.3, 0.4) is 0 Å². The number of hydrogen-bond acceptors (Lipinski definition) is 3. The van der Waals surface area contributed by atoms with Crippen molar-refractivity contribution >= 4 is 11.9 Å². The molecular formula is C18H23N3O3. The summed E-state index contributed by atoms with van der Waals surface area (Å²) in [5.41, 5.74) is 1.92. The SMILES string of the molecule is Cc1nn(-c2ccccc2)cc1C(=O)NCC(CC(C)C)C(=O)O. The van der Waals surface area contributed by atoms with Crippen molar-refractivity contribution in [3.05, 3.63) is 47.8 Å². The number of hydrogen-bond donors (Lipinski definition) is 2. The summed E-state index contributed by atoms with van der Waals surface area (Å²) in [6, 6.07) is 9.51. The first kappa shape index (κ1) is 17.7. The first-order valence-corrected chi connectivity index (χ1v) is 8.01. The quantitative estimate of drug-likeness (QED) is 0.818. The molecule has 0 fully saturated rings. The van der Waals surface area contributed by atoms with Gasteiger partial charge in [0.05, 0.1) is 22.9 Å². The standard InChI is InChI=1S/C18H23N3O3/c1-12(2)9-14(18(23)24)10-19-17(22)16-11-21(20-13(16)3)15-7-5-4-6-8-15/h4-8,11-12,14H,9-10H2,1-3H3,(H,19,22)(H,23,24). The van der Waals surface area contributed by atoms with Gasteiger partial charge < -0.3 is 10.4 Å². The summed E-state index contributed by atoms with van der Waals surface area (Å²) in [6.07, 6.45) is 2.19. The highest BCUT2D eigenvalue weighted by Gasteiger charge is 2.21. The number of rotatable bonds is 7. The summed E-state index contributed by atoms with van der Waals surface area (Å²) in [4.78, 5) is 23.6. The molecule has 0 aliphatic rings. The van der Waals surface area contributed by atoms with Crippen LogP contribution in [-0.4, -0.2) is 33.3 Å². The molecule has 0 radical (unpaired) electrons. The average molecular weight is 329 g/mol. The van der Waals surface area contributed by atoms with Crippen molar-refractivity contribution in [1.29, 1.82) is 0 Å². The van der Waals surface area contributed by atoms with E-state index in [2.05, 4.69) is 10.4 Å². The minimum absolute atomic E-state index is 0.113. The summed E-state index contributed by atoms with van der Waals surface area (Å²) in [7, 11) is 0. The van der Waals surface area contributed by atoms with Gasteiger partial charge in [-0.2, -0.15) is 5.10 Å². The second-order valence-corrected chi connectivity index (χ2v) is 6.28. The third-order valence-electron chi connectivity index (χ3n) is 3.78. The molecule has 1 aromatic heterocycles. The second-order valence-electron chi connectivity index (χ2n) is 6.28. The lowest BCUT2D eigenvalue weighted by molar-refractivity contribution is -0.142. The van der Waals surface area contributed by atoms with E-state index in [0.717, 1.165) is 5.69 Å². The first-order valence-electron chi connectivity index (χ1n) is 8.01. The van der Waals surface area contributed by atoms with E-state index in [0.29, 0.717) is 17.7 Å². The minimum atomic E-state index is -0.888. The topological polar surface area (TPSA) is 84.2 Å². The predicted molar refractivity (Wildman–Crippen MR) is 91.2 cm³/mol. The van der Waals surface area contributed by atoms with Gasteiger partial charge in [-0.15, -0.1) is 0 Å². The van der Waals surface area contributed by atoms with Gasteiger partial charge in [-0.05, 0) is 31.4 Å². The maximum atomic E-state index is 12.4. The minimum Gasteiger partial charge on any atom is -0.481 e. The van der Waals surface area contributed by atoms with Gasteiger partial charge in [0.2, 0.25) is 0 Å². The highest BCUT2D eigenvalue weighted by atomic mass is 16.4. The zero-order valence-electron chi connectivity index (χ0n) is 14.2. The molecular weight excluding hydrogens is 306 g/mol. The second kappa shape index (κ2) is 7.77. The van der Waals surface area contributed by atoms with Crippen molar-refractivity contribution in [2.24, 2.45) is 11.8 Å². The van der Waals surface area contributed by atoms with Gasteiger partial charge in [-0.1, -0.05) is 32.0 Å². The number of aromatic nitrogens is 2. The molecule has 2 aromatic rings. The number of carboxylic acids is 1. The Morgan fingerprint density at radius 3 is 2.50 bits per heavy atom. The Labute approximate surface area is 141 Å². The van der Waals surface area contributed by atoms with Crippen LogP contribution in [0, 0.1) is 18.8 Å². The smallest absolute Gasteiger partial charge is 0.308 e. The summed E-state index contributed by atoms with van der Waals surface area (Å²) in [5, 5.41) is 16.3. The molecule has 6 heteroatoms. The van der Waals surface area contributed by atoms with Crippen LogP contribution in [0.2, 0.25) is 0 Å². The van der Waals surface area contributed by atoms with Crippen molar-refractivity contribution in [2.75, 3.05) is 6.54 Å². The van der Waals surface area contributed by atoms with Crippen molar-refractivity contribution in [2.45, 2.75) is 27.2 Å². The fraction of sp³-hybridized carbons (Fsp3) is 0.389. The van der Waals surface area contributed by atoms with E-state index in [4.69, 9.17) is 0 Å². The lowest BCUT2D eigenvalue weighted by Gasteiger charge is -2.15. The molecule has 1 amide bonds. The van der Waals surface area contributed by atoms with Gasteiger partial charge in [-0.3, -0.25) is 9.59 Å². The van der Waals surface area contributed by atoms with Crippen LogP contribution >= 0.6 is 0 Å². The van der Waals surface area contributed by atoms with E-state index in [1.165, 1.54) is 0 Å². The number of aliphatic carboxylic acids is 1. The molecule has 0 bridgehead atoms. The van der Waals surface area contributed by atoms with E-state index in [-0.39, 0.29) is 18.4 Å². The van der Waals surface area contributed by atoms with Crippen LogP contribution in [0.5, 0.6) is 0 Å². The third kappa shape index (κ3) is 4.44. The van der Waals surface area contributed by atoms with Crippen LogP contribution in [-0.2, 0) is 4.79 Å². The Balaban J connectivity index is 2.07. The number of nitrogens with zero attached hydrogens (tertiary/aromatic N) is 2. The lowest BCUT2D eigenvalue weighted by atomic mass is 9.97. The molecule has 128 valence electrons. The molecule has 0 aliphatic carbocycles. The zero-order valence-corrected chi connectivity index (χ0v) is 14.2. The summed E-state index contributed by atoms with van der Waals surface area (Å²) >= 11 is 0. The number of amides is 1. The Kier molecular flexibility index (Phi) is 5.73. The summed E-state index contributed by atoms with van der Waals surface area (Å²) < 4.78 is 1.65. The molecule has 1 atom stereocenters. The summed E-state index contributed by atoms with van der Waals surface area (Å²) in [6.45, 7) is 5.80. The lowest BCUT2D eigenvalue weighted by Crippen LogP contribution is -2.33.